The van der Waals surface area contributed by atoms with Crippen LogP contribution in [-0.2, 0) is 16.2 Å². The molecule has 2 aromatic rings. The molecule has 33 heavy (non-hydrogen) atoms. The molecule has 2 aliphatic rings. The molecule has 1 saturated carbocycles. The summed E-state index contributed by atoms with van der Waals surface area (Å²) < 4.78 is 14.6. The SMILES string of the molecule is C[Si](C)(C)CCOCn1nccc1[C@H]1CCCN[C@H]1COC1CCC(c2ccccc2)CC1. The molecule has 2 heterocycles. The monoisotopic (exact) mass is 469 g/mol. The Morgan fingerprint density at radius 2 is 1.82 bits per heavy atom. The third-order valence-electron chi connectivity index (χ3n) is 7.38. The zero-order valence-electron chi connectivity index (χ0n) is 20.8. The first-order chi connectivity index (χ1) is 16.0. The van der Waals surface area contributed by atoms with Crippen LogP contribution in [0.4, 0.5) is 0 Å². The van der Waals surface area contributed by atoms with Crippen LogP contribution < -0.4 is 5.32 Å². The molecule has 1 aromatic carbocycles. The average molecular weight is 470 g/mol. The molecule has 182 valence electrons. The van der Waals surface area contributed by atoms with Crippen molar-refractivity contribution in [1.82, 2.24) is 15.1 Å². The van der Waals surface area contributed by atoms with E-state index in [0.29, 0.717) is 30.7 Å². The number of aromatic nitrogens is 2. The standard InChI is InChI=1S/C27H43N3O2Si/c1-33(2,3)19-18-31-21-30-27(15-17-29-30)25-10-7-16-28-26(25)20-32-24-13-11-23(12-14-24)22-8-5-4-6-9-22/h4-6,8-9,15,17,23-26,28H,7,10-14,16,18-21H2,1-3H3/t23?,24?,25-,26-/m0/s1. The zero-order valence-corrected chi connectivity index (χ0v) is 21.8. The van der Waals surface area contributed by atoms with Crippen LogP contribution in [0.15, 0.2) is 42.6 Å². The Labute approximate surface area is 201 Å². The van der Waals surface area contributed by atoms with E-state index >= 15 is 0 Å². The van der Waals surface area contributed by atoms with Gasteiger partial charge in [-0.15, -0.1) is 0 Å². The van der Waals surface area contributed by atoms with Gasteiger partial charge in [-0.05, 0) is 68.7 Å². The van der Waals surface area contributed by atoms with Gasteiger partial charge in [0.1, 0.15) is 6.73 Å². The normalized spacial score (nSPS) is 26.4. The van der Waals surface area contributed by atoms with Gasteiger partial charge in [-0.25, -0.2) is 4.68 Å². The molecule has 2 fully saturated rings. The fraction of sp³-hybridized carbons (Fsp3) is 0.667. The zero-order chi connectivity index (χ0) is 23.1. The Kier molecular flexibility index (Phi) is 8.80. The number of hydrogen-bond acceptors (Lipinski definition) is 4. The van der Waals surface area contributed by atoms with E-state index in [1.165, 1.54) is 55.8 Å². The van der Waals surface area contributed by atoms with E-state index in [2.05, 4.69) is 71.1 Å². The van der Waals surface area contributed by atoms with Gasteiger partial charge in [0.2, 0.25) is 0 Å². The first-order valence-electron chi connectivity index (χ1n) is 13.0. The van der Waals surface area contributed by atoms with Crippen molar-refractivity contribution >= 4 is 8.07 Å². The minimum absolute atomic E-state index is 0.350. The summed E-state index contributed by atoms with van der Waals surface area (Å²) in [7, 11) is -1.07. The second kappa shape index (κ2) is 11.8. The summed E-state index contributed by atoms with van der Waals surface area (Å²) in [5, 5.41) is 8.33. The van der Waals surface area contributed by atoms with Crippen LogP contribution in [0.2, 0.25) is 25.7 Å². The molecule has 1 aliphatic carbocycles. The molecule has 6 heteroatoms. The molecule has 1 saturated heterocycles. The summed E-state index contributed by atoms with van der Waals surface area (Å²) in [6.45, 7) is 10.4. The predicted octanol–water partition coefficient (Wildman–Crippen LogP) is 5.77. The fourth-order valence-corrected chi connectivity index (χ4v) is 6.06. The number of hydrogen-bond donors (Lipinski definition) is 1. The lowest BCUT2D eigenvalue weighted by Gasteiger charge is -2.35. The van der Waals surface area contributed by atoms with Crippen molar-refractivity contribution in [2.24, 2.45) is 0 Å². The van der Waals surface area contributed by atoms with Crippen molar-refractivity contribution in [2.45, 2.75) is 94.9 Å². The topological polar surface area (TPSA) is 48.3 Å². The Hall–Kier alpha value is -1.47. The highest BCUT2D eigenvalue weighted by Gasteiger charge is 2.31. The van der Waals surface area contributed by atoms with Gasteiger partial charge in [-0.3, -0.25) is 0 Å². The van der Waals surface area contributed by atoms with Crippen LogP contribution in [0.25, 0.3) is 0 Å². The maximum atomic E-state index is 6.49. The lowest BCUT2D eigenvalue weighted by molar-refractivity contribution is 0.00439. The fourth-order valence-electron chi connectivity index (χ4n) is 5.30. The summed E-state index contributed by atoms with van der Waals surface area (Å²) in [5.41, 5.74) is 2.78. The molecule has 5 nitrogen and oxygen atoms in total. The number of nitrogens with one attached hydrogen (secondary N) is 1. The number of rotatable bonds is 10. The number of ether oxygens (including phenoxy) is 2. The minimum atomic E-state index is -1.07. The highest BCUT2D eigenvalue weighted by molar-refractivity contribution is 6.76. The highest BCUT2D eigenvalue weighted by atomic mass is 28.3. The Morgan fingerprint density at radius 1 is 1.03 bits per heavy atom. The number of piperidine rings is 1. The van der Waals surface area contributed by atoms with Gasteiger partial charge in [0.05, 0.1) is 12.7 Å². The summed E-state index contributed by atoms with van der Waals surface area (Å²) in [4.78, 5) is 0. The molecular formula is C27H43N3O2Si. The van der Waals surface area contributed by atoms with E-state index in [0.717, 1.165) is 19.8 Å². The van der Waals surface area contributed by atoms with Gasteiger partial charge in [0.25, 0.3) is 0 Å². The third-order valence-corrected chi connectivity index (χ3v) is 9.08. The quantitative estimate of drug-likeness (QED) is 0.354. The van der Waals surface area contributed by atoms with Crippen LogP contribution in [0, 0.1) is 0 Å². The summed E-state index contributed by atoms with van der Waals surface area (Å²) >= 11 is 0. The average Bonchev–Trinajstić information content (AvgIpc) is 3.29. The Bertz CT molecular complexity index is 827. The molecule has 4 rings (SSSR count). The Balaban J connectivity index is 1.27. The van der Waals surface area contributed by atoms with E-state index in [9.17, 15) is 0 Å². The second-order valence-corrected chi connectivity index (χ2v) is 16.8. The largest absolute Gasteiger partial charge is 0.377 e. The van der Waals surface area contributed by atoms with Gasteiger partial charge in [0, 0.05) is 38.5 Å². The summed E-state index contributed by atoms with van der Waals surface area (Å²) in [6, 6.07) is 14.7. The molecule has 1 aliphatic heterocycles. The van der Waals surface area contributed by atoms with Crippen LogP contribution in [0.1, 0.15) is 61.6 Å². The summed E-state index contributed by atoms with van der Waals surface area (Å²) in [5.74, 6) is 1.13. The number of benzene rings is 1. The van der Waals surface area contributed by atoms with Crippen molar-refractivity contribution in [2.75, 3.05) is 19.8 Å². The van der Waals surface area contributed by atoms with E-state index in [4.69, 9.17) is 9.47 Å². The van der Waals surface area contributed by atoms with Crippen molar-refractivity contribution < 1.29 is 9.47 Å². The maximum absolute atomic E-state index is 6.49. The molecule has 0 amide bonds. The molecule has 1 aromatic heterocycles. The van der Waals surface area contributed by atoms with Crippen molar-refractivity contribution in [3.05, 3.63) is 53.9 Å². The number of nitrogens with zero attached hydrogens (tertiary/aromatic N) is 2. The molecule has 2 atom stereocenters. The lowest BCUT2D eigenvalue weighted by Crippen LogP contribution is -2.44. The van der Waals surface area contributed by atoms with Gasteiger partial charge in [0.15, 0.2) is 0 Å². The van der Waals surface area contributed by atoms with E-state index in [1.807, 2.05) is 6.20 Å². The van der Waals surface area contributed by atoms with Gasteiger partial charge >= 0.3 is 0 Å². The molecule has 0 bridgehead atoms. The molecule has 0 spiro atoms. The van der Waals surface area contributed by atoms with Gasteiger partial charge < -0.3 is 14.8 Å². The van der Waals surface area contributed by atoms with E-state index < -0.39 is 8.07 Å². The predicted molar refractivity (Wildman–Crippen MR) is 137 cm³/mol. The first-order valence-corrected chi connectivity index (χ1v) is 16.7. The molecule has 1 N–H and O–H groups in total. The third kappa shape index (κ3) is 7.25. The molecule has 0 radical (unpaired) electrons. The van der Waals surface area contributed by atoms with E-state index in [1.54, 1.807) is 0 Å². The second-order valence-electron chi connectivity index (χ2n) is 11.1. The van der Waals surface area contributed by atoms with Crippen molar-refractivity contribution in [3.8, 4) is 0 Å². The van der Waals surface area contributed by atoms with Crippen molar-refractivity contribution in [1.29, 1.82) is 0 Å². The molecule has 0 unspecified atom stereocenters. The molecular weight excluding hydrogens is 426 g/mol. The lowest BCUT2D eigenvalue weighted by atomic mass is 9.82. The first kappa shape index (κ1) is 24.6. The van der Waals surface area contributed by atoms with Crippen LogP contribution >= 0.6 is 0 Å². The van der Waals surface area contributed by atoms with E-state index in [-0.39, 0.29) is 0 Å². The Morgan fingerprint density at radius 3 is 2.58 bits per heavy atom. The maximum Gasteiger partial charge on any atom is 0.139 e. The van der Waals surface area contributed by atoms with Crippen LogP contribution in [-0.4, -0.2) is 49.8 Å². The highest BCUT2D eigenvalue weighted by Crippen LogP contribution is 2.35. The summed E-state index contributed by atoms with van der Waals surface area (Å²) in [6.07, 6.45) is 9.50. The minimum Gasteiger partial charge on any atom is -0.377 e. The van der Waals surface area contributed by atoms with Gasteiger partial charge in [-0.1, -0.05) is 50.0 Å². The van der Waals surface area contributed by atoms with Gasteiger partial charge in [-0.2, -0.15) is 5.10 Å². The van der Waals surface area contributed by atoms with Crippen LogP contribution in [0.3, 0.4) is 0 Å². The smallest absolute Gasteiger partial charge is 0.139 e. The van der Waals surface area contributed by atoms with Crippen molar-refractivity contribution in [3.63, 3.8) is 0 Å². The van der Waals surface area contributed by atoms with Crippen LogP contribution in [0.5, 0.6) is 0 Å².